The van der Waals surface area contributed by atoms with Crippen molar-refractivity contribution in [3.63, 3.8) is 0 Å². The molecule has 0 aromatic heterocycles. The summed E-state index contributed by atoms with van der Waals surface area (Å²) in [7, 11) is 0. The molecule has 0 spiro atoms. The summed E-state index contributed by atoms with van der Waals surface area (Å²) < 4.78 is 0. The van der Waals surface area contributed by atoms with E-state index in [2.05, 4.69) is 32.1 Å². The Morgan fingerprint density at radius 1 is 1.00 bits per heavy atom. The van der Waals surface area contributed by atoms with Gasteiger partial charge in [0.2, 0.25) is 0 Å². The SMILES string of the molecule is CCC1CC(CC)C2CCCCCCC/C=C/C=C/12. The van der Waals surface area contributed by atoms with Gasteiger partial charge in [-0.2, -0.15) is 0 Å². The fourth-order valence-corrected chi connectivity index (χ4v) is 4.19. The van der Waals surface area contributed by atoms with Crippen LogP contribution in [0.25, 0.3) is 0 Å². The second kappa shape index (κ2) is 7.92. The van der Waals surface area contributed by atoms with Gasteiger partial charge >= 0.3 is 0 Å². The number of rotatable bonds is 2. The molecule has 19 heavy (non-hydrogen) atoms. The number of hydrogen-bond donors (Lipinski definition) is 0. The maximum Gasteiger partial charge on any atom is -0.0169 e. The van der Waals surface area contributed by atoms with Crippen molar-refractivity contribution in [1.29, 1.82) is 0 Å². The van der Waals surface area contributed by atoms with E-state index in [1.54, 1.807) is 5.57 Å². The van der Waals surface area contributed by atoms with Crippen molar-refractivity contribution >= 4 is 0 Å². The lowest BCUT2D eigenvalue weighted by molar-refractivity contribution is 0.367. The van der Waals surface area contributed by atoms with Crippen LogP contribution < -0.4 is 0 Å². The fraction of sp³-hybridized carbons (Fsp3) is 0.789. The van der Waals surface area contributed by atoms with Crippen molar-refractivity contribution in [2.24, 2.45) is 17.8 Å². The molecular weight excluding hydrogens is 228 g/mol. The third-order valence-electron chi connectivity index (χ3n) is 5.38. The summed E-state index contributed by atoms with van der Waals surface area (Å²) >= 11 is 0. The summed E-state index contributed by atoms with van der Waals surface area (Å²) in [6, 6.07) is 0. The van der Waals surface area contributed by atoms with Gasteiger partial charge < -0.3 is 0 Å². The molecule has 0 N–H and O–H groups in total. The minimum Gasteiger partial charge on any atom is -0.0845 e. The molecule has 0 radical (unpaired) electrons. The first-order chi connectivity index (χ1) is 9.36. The largest absolute Gasteiger partial charge is 0.0845 e. The molecule has 0 aromatic rings. The molecule has 0 saturated heterocycles. The highest BCUT2D eigenvalue weighted by Crippen LogP contribution is 2.46. The highest BCUT2D eigenvalue weighted by molar-refractivity contribution is 5.23. The van der Waals surface area contributed by atoms with E-state index in [0.29, 0.717) is 0 Å². The van der Waals surface area contributed by atoms with E-state index in [9.17, 15) is 0 Å². The third-order valence-corrected chi connectivity index (χ3v) is 5.38. The molecule has 0 amide bonds. The van der Waals surface area contributed by atoms with Crippen molar-refractivity contribution in [2.45, 2.75) is 78.1 Å². The van der Waals surface area contributed by atoms with E-state index >= 15 is 0 Å². The topological polar surface area (TPSA) is 0 Å². The van der Waals surface area contributed by atoms with Gasteiger partial charge in [0.25, 0.3) is 0 Å². The molecule has 3 atom stereocenters. The van der Waals surface area contributed by atoms with E-state index in [1.165, 1.54) is 64.2 Å². The second-order valence-corrected chi connectivity index (χ2v) is 6.56. The maximum atomic E-state index is 2.50. The first kappa shape index (κ1) is 14.9. The van der Waals surface area contributed by atoms with Gasteiger partial charge in [-0.3, -0.25) is 0 Å². The summed E-state index contributed by atoms with van der Waals surface area (Å²) in [5, 5.41) is 0. The summed E-state index contributed by atoms with van der Waals surface area (Å²) in [5.41, 5.74) is 1.80. The predicted molar refractivity (Wildman–Crippen MR) is 85.2 cm³/mol. The molecule has 0 heterocycles. The number of hydrogen-bond acceptors (Lipinski definition) is 0. The first-order valence-corrected chi connectivity index (χ1v) is 8.73. The average Bonchev–Trinajstić information content (AvgIpc) is 2.76. The number of fused-ring (bicyclic) bond motifs is 1. The molecule has 0 heteroatoms. The Morgan fingerprint density at radius 2 is 1.79 bits per heavy atom. The fourth-order valence-electron chi connectivity index (χ4n) is 4.19. The molecule has 0 aliphatic heterocycles. The maximum absolute atomic E-state index is 2.50. The lowest BCUT2D eigenvalue weighted by Crippen LogP contribution is -2.09. The lowest BCUT2D eigenvalue weighted by atomic mass is 9.85. The minimum absolute atomic E-state index is 0.877. The summed E-state index contributed by atoms with van der Waals surface area (Å²) in [4.78, 5) is 0. The van der Waals surface area contributed by atoms with E-state index in [0.717, 1.165) is 17.8 Å². The third kappa shape index (κ3) is 3.97. The quantitative estimate of drug-likeness (QED) is 0.547. The monoisotopic (exact) mass is 260 g/mol. The molecule has 3 unspecified atom stereocenters. The molecule has 2 rings (SSSR count). The molecule has 0 bridgehead atoms. The average molecular weight is 260 g/mol. The van der Waals surface area contributed by atoms with Crippen molar-refractivity contribution in [3.05, 3.63) is 23.8 Å². The zero-order chi connectivity index (χ0) is 13.5. The van der Waals surface area contributed by atoms with Crippen LogP contribution in [0.5, 0.6) is 0 Å². The molecule has 2 aliphatic carbocycles. The Labute approximate surface area is 120 Å². The Hall–Kier alpha value is -0.520. The van der Waals surface area contributed by atoms with Crippen molar-refractivity contribution in [2.75, 3.05) is 0 Å². The van der Waals surface area contributed by atoms with Crippen LogP contribution in [0, 0.1) is 17.8 Å². The summed E-state index contributed by atoms with van der Waals surface area (Å²) in [5.74, 6) is 2.74. The Balaban J connectivity index is 2.14. The minimum atomic E-state index is 0.877. The van der Waals surface area contributed by atoms with E-state index in [1.807, 2.05) is 0 Å². The van der Waals surface area contributed by atoms with Crippen LogP contribution in [-0.4, -0.2) is 0 Å². The zero-order valence-corrected chi connectivity index (χ0v) is 13.0. The lowest BCUT2D eigenvalue weighted by Gasteiger charge is -2.20. The van der Waals surface area contributed by atoms with Crippen molar-refractivity contribution in [3.8, 4) is 0 Å². The molecule has 108 valence electrons. The van der Waals surface area contributed by atoms with Crippen molar-refractivity contribution < 1.29 is 0 Å². The van der Waals surface area contributed by atoms with E-state index < -0.39 is 0 Å². The van der Waals surface area contributed by atoms with Gasteiger partial charge in [0.15, 0.2) is 0 Å². The normalized spacial score (nSPS) is 37.6. The van der Waals surface area contributed by atoms with Gasteiger partial charge in [0.05, 0.1) is 0 Å². The molecule has 1 saturated carbocycles. The molecule has 2 aliphatic rings. The van der Waals surface area contributed by atoms with E-state index in [4.69, 9.17) is 0 Å². The van der Waals surface area contributed by atoms with Crippen LogP contribution >= 0.6 is 0 Å². The van der Waals surface area contributed by atoms with E-state index in [-0.39, 0.29) is 0 Å². The highest BCUT2D eigenvalue weighted by Gasteiger charge is 2.35. The first-order valence-electron chi connectivity index (χ1n) is 8.73. The van der Waals surface area contributed by atoms with Crippen LogP contribution in [0.2, 0.25) is 0 Å². The second-order valence-electron chi connectivity index (χ2n) is 6.56. The molecule has 0 nitrogen and oxygen atoms in total. The number of allylic oxidation sites excluding steroid dienone is 4. The van der Waals surface area contributed by atoms with Gasteiger partial charge in [0.1, 0.15) is 0 Å². The molecule has 1 fully saturated rings. The Bertz CT molecular complexity index is 310. The van der Waals surface area contributed by atoms with Crippen molar-refractivity contribution in [1.82, 2.24) is 0 Å². The smallest absolute Gasteiger partial charge is 0.0169 e. The van der Waals surface area contributed by atoms with Crippen LogP contribution in [0.3, 0.4) is 0 Å². The Kier molecular flexibility index (Phi) is 6.20. The predicted octanol–water partition coefficient (Wildman–Crippen LogP) is 6.29. The molecular formula is C19H32. The van der Waals surface area contributed by atoms with Gasteiger partial charge in [0, 0.05) is 0 Å². The van der Waals surface area contributed by atoms with Crippen LogP contribution in [-0.2, 0) is 0 Å². The van der Waals surface area contributed by atoms with Crippen LogP contribution in [0.15, 0.2) is 23.8 Å². The summed E-state index contributed by atoms with van der Waals surface area (Å²) in [6.07, 6.45) is 21.4. The van der Waals surface area contributed by atoms with Crippen LogP contribution in [0.4, 0.5) is 0 Å². The molecule has 0 aromatic carbocycles. The van der Waals surface area contributed by atoms with Gasteiger partial charge in [-0.05, 0) is 49.9 Å². The zero-order valence-electron chi connectivity index (χ0n) is 13.0. The van der Waals surface area contributed by atoms with Crippen LogP contribution in [0.1, 0.15) is 78.1 Å². The standard InChI is InChI=1S/C19H32/c1-3-16-15-17(4-2)19-14-12-10-8-6-5-7-9-11-13-18(16)19/h9,11,13,16-17,19H,3-8,10,12,14-15H2,1-2H3/b11-9+,18-13-. The highest BCUT2D eigenvalue weighted by atomic mass is 14.4. The Morgan fingerprint density at radius 3 is 2.58 bits per heavy atom. The van der Waals surface area contributed by atoms with Gasteiger partial charge in [-0.25, -0.2) is 0 Å². The summed E-state index contributed by atoms with van der Waals surface area (Å²) in [6.45, 7) is 4.77. The van der Waals surface area contributed by atoms with Gasteiger partial charge in [-0.1, -0.05) is 69.8 Å². The van der Waals surface area contributed by atoms with Gasteiger partial charge in [-0.15, -0.1) is 0 Å².